The summed E-state index contributed by atoms with van der Waals surface area (Å²) < 4.78 is 0. The lowest BCUT2D eigenvalue weighted by molar-refractivity contribution is 0.262. The Bertz CT molecular complexity index is 1080. The summed E-state index contributed by atoms with van der Waals surface area (Å²) in [6, 6.07) is 45.5. The summed E-state index contributed by atoms with van der Waals surface area (Å²) in [4.78, 5) is 5.58. The molecular weight excluding hydrogens is 474 g/mol. The van der Waals surface area contributed by atoms with E-state index in [0.29, 0.717) is 12.1 Å². The van der Waals surface area contributed by atoms with Crippen LogP contribution in [0, 0.1) is 0 Å². The highest BCUT2D eigenvalue weighted by molar-refractivity contribution is 7.67. The standard InChI is InChI=1S/C32H36N2P2/c1-27(29-15-7-3-8-16-29)33-23-35(31-19-11-5-12-20-31)25-34(28(2)30-17-9-4-10-18-30)26-36(24-33)32-21-13-6-14-22-32/h3-22,27-28H,23-26H2,1-2H3/t27-,28-,35?,36?/m0/s1. The first-order valence-corrected chi connectivity index (χ1v) is 16.3. The molecule has 0 unspecified atom stereocenters. The van der Waals surface area contributed by atoms with Crippen LogP contribution in [0.2, 0.25) is 0 Å². The molecule has 184 valence electrons. The molecule has 0 N–H and O–H groups in total. The van der Waals surface area contributed by atoms with Crippen molar-refractivity contribution in [3.05, 3.63) is 132 Å². The van der Waals surface area contributed by atoms with Crippen LogP contribution in [0.1, 0.15) is 37.1 Å². The Hall–Kier alpha value is -2.34. The van der Waals surface area contributed by atoms with Gasteiger partial charge in [-0.3, -0.25) is 9.80 Å². The van der Waals surface area contributed by atoms with E-state index in [1.54, 1.807) is 0 Å². The molecule has 1 aliphatic rings. The van der Waals surface area contributed by atoms with Crippen LogP contribution in [-0.4, -0.2) is 34.9 Å². The average Bonchev–Trinajstić information content (AvgIpc) is 2.94. The molecule has 0 aromatic heterocycles. The zero-order chi connectivity index (χ0) is 24.7. The molecular formula is C32H36N2P2. The minimum absolute atomic E-state index is 0.360. The molecule has 2 atom stereocenters. The third-order valence-corrected chi connectivity index (χ3v) is 12.2. The minimum Gasteiger partial charge on any atom is -0.288 e. The Morgan fingerprint density at radius 3 is 1.03 bits per heavy atom. The Morgan fingerprint density at radius 2 is 0.722 bits per heavy atom. The van der Waals surface area contributed by atoms with Gasteiger partial charge in [-0.15, -0.1) is 0 Å². The number of benzene rings is 4. The molecule has 1 saturated heterocycles. The van der Waals surface area contributed by atoms with Crippen molar-refractivity contribution >= 4 is 26.5 Å². The zero-order valence-corrected chi connectivity index (χ0v) is 23.1. The fourth-order valence-corrected chi connectivity index (χ4v) is 10.5. The van der Waals surface area contributed by atoms with E-state index in [1.807, 2.05) is 0 Å². The van der Waals surface area contributed by atoms with Crippen LogP contribution < -0.4 is 10.6 Å². The summed E-state index contributed by atoms with van der Waals surface area (Å²) in [6.45, 7) is 4.80. The van der Waals surface area contributed by atoms with Crippen LogP contribution in [0.15, 0.2) is 121 Å². The number of hydrogen-bond acceptors (Lipinski definition) is 2. The number of hydrogen-bond donors (Lipinski definition) is 0. The van der Waals surface area contributed by atoms with Gasteiger partial charge in [0.1, 0.15) is 0 Å². The third kappa shape index (κ3) is 6.13. The van der Waals surface area contributed by atoms with E-state index in [4.69, 9.17) is 0 Å². The maximum atomic E-state index is 2.79. The molecule has 4 heteroatoms. The maximum Gasteiger partial charge on any atom is 0.0327 e. The van der Waals surface area contributed by atoms with Gasteiger partial charge in [0.2, 0.25) is 0 Å². The van der Waals surface area contributed by atoms with Gasteiger partial charge in [-0.2, -0.15) is 0 Å². The van der Waals surface area contributed by atoms with E-state index < -0.39 is 0 Å². The first-order chi connectivity index (χ1) is 17.7. The predicted molar refractivity (Wildman–Crippen MR) is 159 cm³/mol. The van der Waals surface area contributed by atoms with Gasteiger partial charge in [-0.25, -0.2) is 0 Å². The fourth-order valence-electron chi connectivity index (χ4n) is 5.03. The highest BCUT2D eigenvalue weighted by Gasteiger charge is 2.32. The van der Waals surface area contributed by atoms with Gasteiger partial charge in [0.15, 0.2) is 0 Å². The van der Waals surface area contributed by atoms with Crippen molar-refractivity contribution < 1.29 is 0 Å². The van der Waals surface area contributed by atoms with Crippen molar-refractivity contribution in [2.24, 2.45) is 0 Å². The normalized spacial score (nSPS) is 21.3. The van der Waals surface area contributed by atoms with Crippen LogP contribution in [0.5, 0.6) is 0 Å². The van der Waals surface area contributed by atoms with E-state index in [1.165, 1.54) is 21.7 Å². The van der Waals surface area contributed by atoms with Crippen LogP contribution in [0.3, 0.4) is 0 Å². The largest absolute Gasteiger partial charge is 0.288 e. The first kappa shape index (κ1) is 25.3. The summed E-state index contributed by atoms with van der Waals surface area (Å²) in [5.41, 5.74) is 2.83. The van der Waals surface area contributed by atoms with E-state index >= 15 is 0 Å². The van der Waals surface area contributed by atoms with Crippen molar-refractivity contribution in [1.82, 2.24) is 9.80 Å². The van der Waals surface area contributed by atoms with Crippen LogP contribution >= 0.6 is 15.8 Å². The third-order valence-electron chi connectivity index (χ3n) is 7.31. The summed E-state index contributed by atoms with van der Waals surface area (Å²) in [5, 5.41) is 3.02. The summed E-state index contributed by atoms with van der Waals surface area (Å²) in [7, 11) is -0.721. The molecule has 0 bridgehead atoms. The molecule has 0 spiro atoms. The molecule has 4 aromatic carbocycles. The maximum absolute atomic E-state index is 2.79. The molecule has 0 saturated carbocycles. The van der Waals surface area contributed by atoms with E-state index in [-0.39, 0.29) is 15.8 Å². The van der Waals surface area contributed by atoms with Crippen molar-refractivity contribution in [3.8, 4) is 0 Å². The van der Waals surface area contributed by atoms with Gasteiger partial charge in [0, 0.05) is 37.2 Å². The molecule has 2 nitrogen and oxygen atoms in total. The Balaban J connectivity index is 1.52. The van der Waals surface area contributed by atoms with Crippen molar-refractivity contribution in [3.63, 3.8) is 0 Å². The molecule has 1 fully saturated rings. The SMILES string of the molecule is C[C@@H](c1ccccc1)N1CP(c2ccccc2)CN([C@@H](C)c2ccccc2)CP(c2ccccc2)C1. The smallest absolute Gasteiger partial charge is 0.0327 e. The van der Waals surface area contributed by atoms with Crippen molar-refractivity contribution in [1.29, 1.82) is 0 Å². The Kier molecular flexibility index (Phi) is 8.63. The Labute approximate surface area is 219 Å². The second-order valence-electron chi connectivity index (χ2n) is 9.67. The molecule has 1 aliphatic heterocycles. The highest BCUT2D eigenvalue weighted by Crippen LogP contribution is 2.49. The quantitative estimate of drug-likeness (QED) is 0.247. The number of nitrogens with zero attached hydrogens (tertiary/aromatic N) is 2. The lowest BCUT2D eigenvalue weighted by atomic mass is 10.1. The molecule has 5 rings (SSSR count). The summed E-state index contributed by atoms with van der Waals surface area (Å²) in [5.74, 6) is 0. The molecule has 0 aliphatic carbocycles. The van der Waals surface area contributed by atoms with Gasteiger partial charge in [0.05, 0.1) is 0 Å². The average molecular weight is 511 g/mol. The summed E-state index contributed by atoms with van der Waals surface area (Å²) >= 11 is 0. The lowest BCUT2D eigenvalue weighted by Gasteiger charge is -2.43. The predicted octanol–water partition coefficient (Wildman–Crippen LogP) is 7.57. The molecule has 36 heavy (non-hydrogen) atoms. The van der Waals surface area contributed by atoms with E-state index in [9.17, 15) is 0 Å². The van der Waals surface area contributed by atoms with E-state index in [0.717, 1.165) is 25.1 Å². The van der Waals surface area contributed by atoms with Crippen LogP contribution in [0.25, 0.3) is 0 Å². The first-order valence-electron chi connectivity index (χ1n) is 12.9. The van der Waals surface area contributed by atoms with Gasteiger partial charge in [0.25, 0.3) is 0 Å². The zero-order valence-electron chi connectivity index (χ0n) is 21.3. The van der Waals surface area contributed by atoms with Crippen molar-refractivity contribution in [2.75, 3.05) is 25.1 Å². The van der Waals surface area contributed by atoms with Gasteiger partial charge in [-0.1, -0.05) is 121 Å². The van der Waals surface area contributed by atoms with Gasteiger partial charge in [-0.05, 0) is 51.4 Å². The molecule has 4 aromatic rings. The second-order valence-corrected chi connectivity index (χ2v) is 14.0. The van der Waals surface area contributed by atoms with E-state index in [2.05, 4.69) is 145 Å². The second kappa shape index (κ2) is 12.3. The molecule has 0 amide bonds. The Morgan fingerprint density at radius 1 is 0.444 bits per heavy atom. The highest BCUT2D eigenvalue weighted by atomic mass is 31.1. The minimum atomic E-state index is -0.360. The molecule has 1 heterocycles. The van der Waals surface area contributed by atoms with Gasteiger partial charge >= 0.3 is 0 Å². The van der Waals surface area contributed by atoms with Crippen LogP contribution in [-0.2, 0) is 0 Å². The van der Waals surface area contributed by atoms with Gasteiger partial charge < -0.3 is 0 Å². The lowest BCUT2D eigenvalue weighted by Crippen LogP contribution is -2.39. The fraction of sp³-hybridized carbons (Fsp3) is 0.250. The topological polar surface area (TPSA) is 6.48 Å². The summed E-state index contributed by atoms with van der Waals surface area (Å²) in [6.07, 6.45) is 4.50. The molecule has 0 radical (unpaired) electrons. The number of rotatable bonds is 6. The monoisotopic (exact) mass is 510 g/mol. The van der Waals surface area contributed by atoms with Crippen LogP contribution in [0.4, 0.5) is 0 Å². The van der Waals surface area contributed by atoms with Crippen molar-refractivity contribution in [2.45, 2.75) is 25.9 Å².